The molecule has 10 aromatic rings. The van der Waals surface area contributed by atoms with E-state index in [1.165, 1.54) is 0 Å². The highest BCUT2D eigenvalue weighted by molar-refractivity contribution is 6.10. The molecule has 55 heavy (non-hydrogen) atoms. The first-order chi connectivity index (χ1) is 28.9. The third kappa shape index (κ3) is 6.16. The summed E-state index contributed by atoms with van der Waals surface area (Å²) in [5, 5.41) is 1.20. The molecule has 2 heterocycles. The van der Waals surface area contributed by atoms with Crippen LogP contribution in [0.2, 0.25) is 0 Å². The standard InChI is InChI=1S/C51H34N4/c1-4-14-35(15-5-1)37-26-28-39(29-27-37)50-52-49(38-18-8-3-9-19-38)53-51(54-50)43-22-13-23-44(33-43)55-47-25-11-10-24-45(47)46-31-30-42(34-48(46)55)41-21-12-20-40(32-41)36-16-6-2-7-17-36/h1-34H/i10D,11D,24D,25D. The van der Waals surface area contributed by atoms with Crippen molar-refractivity contribution in [1.82, 2.24) is 19.5 Å². The van der Waals surface area contributed by atoms with E-state index in [9.17, 15) is 1.37 Å². The Hall–Kier alpha value is -7.43. The van der Waals surface area contributed by atoms with Crippen LogP contribution >= 0.6 is 0 Å². The van der Waals surface area contributed by atoms with Gasteiger partial charge < -0.3 is 4.57 Å². The fourth-order valence-electron chi connectivity index (χ4n) is 7.25. The first kappa shape index (κ1) is 28.1. The van der Waals surface area contributed by atoms with Crippen LogP contribution in [0.4, 0.5) is 0 Å². The summed E-state index contributed by atoms with van der Waals surface area (Å²) in [6.45, 7) is 0. The fourth-order valence-corrected chi connectivity index (χ4v) is 7.25. The zero-order chi connectivity index (χ0) is 40.0. The first-order valence-corrected chi connectivity index (χ1v) is 18.2. The lowest BCUT2D eigenvalue weighted by Crippen LogP contribution is -2.01. The third-order valence-corrected chi connectivity index (χ3v) is 9.98. The molecule has 0 spiro atoms. The molecule has 0 unspecified atom stereocenters. The molecule has 0 fully saturated rings. The van der Waals surface area contributed by atoms with Crippen molar-refractivity contribution in [2.45, 2.75) is 0 Å². The highest BCUT2D eigenvalue weighted by atomic mass is 15.0. The molecule has 0 aliphatic carbocycles. The molecule has 0 saturated carbocycles. The Kier molecular flexibility index (Phi) is 7.08. The van der Waals surface area contributed by atoms with Crippen LogP contribution in [0, 0.1) is 0 Å². The van der Waals surface area contributed by atoms with Crippen molar-refractivity contribution in [2.75, 3.05) is 0 Å². The van der Waals surface area contributed by atoms with Gasteiger partial charge in [-0.05, 0) is 63.7 Å². The molecule has 0 atom stereocenters. The monoisotopic (exact) mass is 706 g/mol. The summed E-state index contributed by atoms with van der Waals surface area (Å²) in [7, 11) is 0. The summed E-state index contributed by atoms with van der Waals surface area (Å²) in [6, 6.07) is 60.1. The summed E-state index contributed by atoms with van der Waals surface area (Å²) >= 11 is 0. The van der Waals surface area contributed by atoms with Gasteiger partial charge in [-0.25, -0.2) is 15.0 Å². The van der Waals surface area contributed by atoms with Gasteiger partial charge in [0, 0.05) is 33.2 Å². The van der Waals surface area contributed by atoms with Gasteiger partial charge in [0.05, 0.1) is 16.5 Å². The van der Waals surface area contributed by atoms with E-state index in [2.05, 4.69) is 60.7 Å². The van der Waals surface area contributed by atoms with Crippen molar-refractivity contribution in [3.63, 3.8) is 0 Å². The van der Waals surface area contributed by atoms with Crippen molar-refractivity contribution in [2.24, 2.45) is 0 Å². The highest BCUT2D eigenvalue weighted by Crippen LogP contribution is 2.37. The minimum atomic E-state index is -0.286. The van der Waals surface area contributed by atoms with Crippen LogP contribution in [0.1, 0.15) is 5.48 Å². The van der Waals surface area contributed by atoms with Gasteiger partial charge in [0.15, 0.2) is 17.5 Å². The molecule has 10 rings (SSSR count). The van der Waals surface area contributed by atoms with E-state index in [4.69, 9.17) is 19.1 Å². The zero-order valence-corrected chi connectivity index (χ0v) is 29.6. The summed E-state index contributed by atoms with van der Waals surface area (Å²) in [5.74, 6) is 1.55. The van der Waals surface area contributed by atoms with Gasteiger partial charge in [-0.2, -0.15) is 0 Å². The van der Waals surface area contributed by atoms with E-state index < -0.39 is 0 Å². The Labute approximate surface area is 325 Å². The molecule has 0 N–H and O–H groups in total. The SMILES string of the molecule is [2H]c1c([2H])c([2H])c2c(c1[2H])c1ccc(-c3cccc(-c4ccccc4)c3)cc1n2-c1cccc(-c2nc(-c3ccccc3)nc(-c3ccc(-c4ccccc4)cc3)n2)c1. The number of hydrogen-bond donors (Lipinski definition) is 0. The lowest BCUT2D eigenvalue weighted by Gasteiger charge is -2.12. The molecule has 0 saturated heterocycles. The number of benzene rings is 8. The number of rotatable bonds is 7. The van der Waals surface area contributed by atoms with Crippen LogP contribution in [-0.4, -0.2) is 19.5 Å². The van der Waals surface area contributed by atoms with E-state index in [0.717, 1.165) is 61.0 Å². The second-order valence-corrected chi connectivity index (χ2v) is 13.4. The van der Waals surface area contributed by atoms with Crippen LogP contribution in [0.15, 0.2) is 206 Å². The number of hydrogen-bond acceptors (Lipinski definition) is 3. The minimum absolute atomic E-state index is 0.0763. The maximum absolute atomic E-state index is 9.18. The van der Waals surface area contributed by atoms with Crippen LogP contribution in [0.3, 0.4) is 0 Å². The molecule has 0 radical (unpaired) electrons. The van der Waals surface area contributed by atoms with Crippen LogP contribution in [-0.2, 0) is 0 Å². The van der Waals surface area contributed by atoms with Crippen LogP contribution in [0.5, 0.6) is 0 Å². The van der Waals surface area contributed by atoms with Gasteiger partial charge in [-0.15, -0.1) is 0 Å². The molecule has 0 aliphatic heterocycles. The molecule has 258 valence electrons. The van der Waals surface area contributed by atoms with Gasteiger partial charge in [0.2, 0.25) is 0 Å². The van der Waals surface area contributed by atoms with E-state index in [0.29, 0.717) is 34.1 Å². The molecule has 8 aromatic carbocycles. The van der Waals surface area contributed by atoms with E-state index in [1.807, 2.05) is 126 Å². The number of nitrogens with zero attached hydrogens (tertiary/aromatic N) is 4. The van der Waals surface area contributed by atoms with E-state index >= 15 is 0 Å². The van der Waals surface area contributed by atoms with Gasteiger partial charge in [0.1, 0.15) is 0 Å². The molecule has 4 nitrogen and oxygen atoms in total. The van der Waals surface area contributed by atoms with Crippen molar-refractivity contribution < 1.29 is 5.48 Å². The highest BCUT2D eigenvalue weighted by Gasteiger charge is 2.17. The average Bonchev–Trinajstić information content (AvgIpc) is 3.66. The molecule has 0 bridgehead atoms. The summed E-state index contributed by atoms with van der Waals surface area (Å²) in [6.07, 6.45) is 0. The van der Waals surface area contributed by atoms with Crippen molar-refractivity contribution in [3.05, 3.63) is 206 Å². The molecular weight excluding hydrogens is 669 g/mol. The lowest BCUT2D eigenvalue weighted by atomic mass is 9.98. The second-order valence-electron chi connectivity index (χ2n) is 13.4. The Morgan fingerprint density at radius 3 is 1.47 bits per heavy atom. The van der Waals surface area contributed by atoms with E-state index in [1.54, 1.807) is 0 Å². The predicted octanol–water partition coefficient (Wildman–Crippen LogP) is 13.0. The van der Waals surface area contributed by atoms with Crippen molar-refractivity contribution >= 4 is 21.8 Å². The van der Waals surface area contributed by atoms with Crippen molar-refractivity contribution in [1.29, 1.82) is 0 Å². The van der Waals surface area contributed by atoms with Gasteiger partial charge >= 0.3 is 0 Å². The summed E-state index contributed by atoms with van der Waals surface area (Å²) in [5.41, 5.74) is 10.7. The number of para-hydroxylation sites is 1. The molecule has 4 heteroatoms. The average molecular weight is 707 g/mol. The summed E-state index contributed by atoms with van der Waals surface area (Å²) in [4.78, 5) is 15.0. The Morgan fingerprint density at radius 1 is 0.327 bits per heavy atom. The van der Waals surface area contributed by atoms with Gasteiger partial charge in [-0.3, -0.25) is 0 Å². The number of fused-ring (bicyclic) bond motifs is 3. The fraction of sp³-hybridized carbons (Fsp3) is 0. The molecule has 0 amide bonds. The zero-order valence-electron chi connectivity index (χ0n) is 33.6. The topological polar surface area (TPSA) is 43.6 Å². The Bertz CT molecular complexity index is 3190. The maximum atomic E-state index is 9.18. The largest absolute Gasteiger partial charge is 0.309 e. The third-order valence-electron chi connectivity index (χ3n) is 9.98. The van der Waals surface area contributed by atoms with Crippen LogP contribution in [0.25, 0.3) is 95.0 Å². The maximum Gasteiger partial charge on any atom is 0.164 e. The van der Waals surface area contributed by atoms with Gasteiger partial charge in [0.25, 0.3) is 0 Å². The molecule has 0 aliphatic rings. The molecule has 2 aromatic heterocycles. The Balaban J connectivity index is 1.15. The van der Waals surface area contributed by atoms with Crippen LogP contribution < -0.4 is 0 Å². The number of aromatic nitrogens is 4. The first-order valence-electron chi connectivity index (χ1n) is 20.2. The smallest absolute Gasteiger partial charge is 0.164 e. The lowest BCUT2D eigenvalue weighted by molar-refractivity contribution is 1.07. The van der Waals surface area contributed by atoms with Crippen molar-refractivity contribution in [3.8, 4) is 73.2 Å². The Morgan fingerprint density at radius 2 is 0.782 bits per heavy atom. The summed E-state index contributed by atoms with van der Waals surface area (Å²) < 4.78 is 37.5. The van der Waals surface area contributed by atoms with Gasteiger partial charge in [-0.1, -0.05) is 176 Å². The van der Waals surface area contributed by atoms with E-state index in [-0.39, 0.29) is 24.2 Å². The predicted molar refractivity (Wildman–Crippen MR) is 227 cm³/mol. The normalized spacial score (nSPS) is 12.3. The minimum Gasteiger partial charge on any atom is -0.309 e. The second kappa shape index (κ2) is 13.8. The molecular formula is C51H34N4. The quantitative estimate of drug-likeness (QED) is 0.166.